The summed E-state index contributed by atoms with van der Waals surface area (Å²) in [6.07, 6.45) is 1.27. The number of aliphatic carboxylic acids is 1. The van der Waals surface area contributed by atoms with E-state index >= 15 is 0 Å². The van der Waals surface area contributed by atoms with Crippen LogP contribution in [0.1, 0.15) is 17.4 Å². The molecule has 0 aromatic carbocycles. The fourth-order valence-electron chi connectivity index (χ4n) is 1.02. The van der Waals surface area contributed by atoms with Crippen LogP contribution in [0.2, 0.25) is 0 Å². The normalized spacial score (nSPS) is 14.1. The van der Waals surface area contributed by atoms with Gasteiger partial charge in [0.15, 0.2) is 11.2 Å². The van der Waals surface area contributed by atoms with Gasteiger partial charge in [-0.15, -0.1) is 0 Å². The highest BCUT2D eigenvalue weighted by Gasteiger charge is 2.35. The Hall–Kier alpha value is -1.54. The van der Waals surface area contributed by atoms with Crippen LogP contribution in [0, 0.1) is 0 Å². The van der Waals surface area contributed by atoms with Gasteiger partial charge in [0.2, 0.25) is 0 Å². The molecule has 0 aliphatic carbocycles. The van der Waals surface area contributed by atoms with Gasteiger partial charge in [-0.1, -0.05) is 0 Å². The lowest BCUT2D eigenvalue weighted by molar-refractivity contribution is -0.145. The highest BCUT2D eigenvalue weighted by atomic mass is 32.1. The number of carboxylic acid groups (broad SMARTS) is 1. The van der Waals surface area contributed by atoms with Crippen molar-refractivity contribution < 1.29 is 19.4 Å². The third kappa shape index (κ3) is 2.74. The van der Waals surface area contributed by atoms with Gasteiger partial charge in [0.1, 0.15) is 0 Å². The van der Waals surface area contributed by atoms with E-state index in [2.05, 4.69) is 14.1 Å². The summed E-state index contributed by atoms with van der Waals surface area (Å²) in [5, 5.41) is 11.3. The SMILES string of the molecule is COCC(C)(NC(=O)c1cnsn1)C(=O)O. The highest BCUT2D eigenvalue weighted by Crippen LogP contribution is 2.06. The molecule has 1 rings (SSSR count). The summed E-state index contributed by atoms with van der Waals surface area (Å²) in [6.45, 7) is 1.22. The molecule has 0 aliphatic heterocycles. The Morgan fingerprint density at radius 2 is 2.38 bits per heavy atom. The molecule has 1 aromatic rings. The Labute approximate surface area is 95.8 Å². The zero-order valence-corrected chi connectivity index (χ0v) is 9.58. The first-order chi connectivity index (χ1) is 7.49. The van der Waals surface area contributed by atoms with Crippen LogP contribution in [0.15, 0.2) is 6.20 Å². The number of rotatable bonds is 5. The number of hydrogen-bond acceptors (Lipinski definition) is 6. The fraction of sp³-hybridized carbons (Fsp3) is 0.500. The number of methoxy groups -OCH3 is 1. The van der Waals surface area contributed by atoms with Crippen LogP contribution in [0.4, 0.5) is 0 Å². The molecule has 88 valence electrons. The molecular formula is C8H11N3O4S. The van der Waals surface area contributed by atoms with Crippen LogP contribution >= 0.6 is 11.7 Å². The van der Waals surface area contributed by atoms with Crippen LogP contribution in [-0.4, -0.2) is 45.0 Å². The quantitative estimate of drug-likeness (QED) is 0.742. The molecule has 0 saturated heterocycles. The number of aromatic nitrogens is 2. The van der Waals surface area contributed by atoms with E-state index in [1.165, 1.54) is 20.2 Å². The number of carbonyl (C=O) groups excluding carboxylic acids is 1. The van der Waals surface area contributed by atoms with E-state index in [1.54, 1.807) is 0 Å². The largest absolute Gasteiger partial charge is 0.479 e. The lowest BCUT2D eigenvalue weighted by Gasteiger charge is -2.24. The number of carbonyl (C=O) groups is 2. The van der Waals surface area contributed by atoms with E-state index in [0.29, 0.717) is 0 Å². The number of hydrogen-bond donors (Lipinski definition) is 2. The third-order valence-corrected chi connectivity index (χ3v) is 2.37. The summed E-state index contributed by atoms with van der Waals surface area (Å²) < 4.78 is 12.1. The minimum atomic E-state index is -1.48. The van der Waals surface area contributed by atoms with Crippen molar-refractivity contribution in [3.63, 3.8) is 0 Å². The smallest absolute Gasteiger partial charge is 0.331 e. The molecular weight excluding hydrogens is 234 g/mol. The summed E-state index contributed by atoms with van der Waals surface area (Å²) in [6, 6.07) is 0. The van der Waals surface area contributed by atoms with Crippen LogP contribution in [-0.2, 0) is 9.53 Å². The topological polar surface area (TPSA) is 101 Å². The van der Waals surface area contributed by atoms with Gasteiger partial charge < -0.3 is 15.2 Å². The first-order valence-corrected chi connectivity index (χ1v) is 5.05. The molecule has 16 heavy (non-hydrogen) atoms. The van der Waals surface area contributed by atoms with Gasteiger partial charge in [-0.25, -0.2) is 4.79 Å². The summed E-state index contributed by atoms with van der Waals surface area (Å²) in [5.41, 5.74) is -1.39. The van der Waals surface area contributed by atoms with Crippen molar-refractivity contribution in [1.29, 1.82) is 0 Å². The van der Waals surface area contributed by atoms with Gasteiger partial charge in [-0.3, -0.25) is 4.79 Å². The number of ether oxygens (including phenoxy) is 1. The van der Waals surface area contributed by atoms with Crippen LogP contribution in [0.3, 0.4) is 0 Å². The molecule has 0 saturated carbocycles. The molecule has 1 heterocycles. The van der Waals surface area contributed by atoms with Gasteiger partial charge >= 0.3 is 5.97 Å². The molecule has 0 bridgehead atoms. The van der Waals surface area contributed by atoms with E-state index in [0.717, 1.165) is 11.7 Å². The van der Waals surface area contributed by atoms with E-state index in [1.807, 2.05) is 0 Å². The first kappa shape index (κ1) is 12.5. The number of amides is 1. The predicted octanol–water partition coefficient (Wildman–Crippen LogP) is -0.242. The zero-order valence-electron chi connectivity index (χ0n) is 8.76. The van der Waals surface area contributed by atoms with E-state index in [9.17, 15) is 9.59 Å². The van der Waals surface area contributed by atoms with Crippen molar-refractivity contribution in [2.45, 2.75) is 12.5 Å². The Bertz CT molecular complexity index is 381. The van der Waals surface area contributed by atoms with Gasteiger partial charge in [-0.2, -0.15) is 8.75 Å². The molecule has 8 heteroatoms. The minimum Gasteiger partial charge on any atom is -0.479 e. The second kappa shape index (κ2) is 4.99. The van der Waals surface area contributed by atoms with Crippen LogP contribution in [0.25, 0.3) is 0 Å². The monoisotopic (exact) mass is 245 g/mol. The van der Waals surface area contributed by atoms with E-state index in [-0.39, 0.29) is 12.3 Å². The first-order valence-electron chi connectivity index (χ1n) is 4.32. The molecule has 1 amide bonds. The summed E-state index contributed by atoms with van der Waals surface area (Å²) >= 11 is 0.876. The minimum absolute atomic E-state index is 0.0913. The molecule has 0 aliphatic rings. The van der Waals surface area contributed by atoms with Gasteiger partial charge in [0.25, 0.3) is 5.91 Å². The number of carboxylic acids is 1. The second-order valence-corrected chi connectivity index (χ2v) is 3.87. The van der Waals surface area contributed by atoms with Gasteiger partial charge in [0, 0.05) is 7.11 Å². The highest BCUT2D eigenvalue weighted by molar-refractivity contribution is 6.99. The summed E-state index contributed by atoms with van der Waals surface area (Å²) in [7, 11) is 1.36. The predicted molar refractivity (Wildman–Crippen MR) is 55.3 cm³/mol. The Kier molecular flexibility index (Phi) is 3.91. The number of nitrogens with zero attached hydrogens (tertiary/aromatic N) is 2. The standard InChI is InChI=1S/C8H11N3O4S/c1-8(4-15-2,7(13)14)10-6(12)5-3-9-16-11-5/h3H,4H2,1-2H3,(H,10,12)(H,13,14). The van der Waals surface area contributed by atoms with Crippen molar-refractivity contribution in [2.24, 2.45) is 0 Å². The molecule has 0 spiro atoms. The maximum Gasteiger partial charge on any atom is 0.331 e. The Balaban J connectivity index is 2.77. The summed E-state index contributed by atoms with van der Waals surface area (Å²) in [4.78, 5) is 22.6. The Morgan fingerprint density at radius 1 is 1.69 bits per heavy atom. The molecule has 1 atom stereocenters. The Morgan fingerprint density at radius 3 is 2.81 bits per heavy atom. The third-order valence-electron chi connectivity index (χ3n) is 1.89. The van der Waals surface area contributed by atoms with Gasteiger partial charge in [-0.05, 0) is 6.92 Å². The van der Waals surface area contributed by atoms with Gasteiger partial charge in [0.05, 0.1) is 24.5 Å². The molecule has 1 unspecified atom stereocenters. The van der Waals surface area contributed by atoms with Crippen LogP contribution < -0.4 is 5.32 Å². The molecule has 2 N–H and O–H groups in total. The molecule has 1 aromatic heterocycles. The average molecular weight is 245 g/mol. The average Bonchev–Trinajstić information content (AvgIpc) is 2.70. The van der Waals surface area contributed by atoms with Crippen molar-refractivity contribution >= 4 is 23.6 Å². The van der Waals surface area contributed by atoms with Crippen molar-refractivity contribution in [3.8, 4) is 0 Å². The van der Waals surface area contributed by atoms with E-state index < -0.39 is 17.4 Å². The molecule has 7 nitrogen and oxygen atoms in total. The molecule has 0 fully saturated rings. The lowest BCUT2D eigenvalue weighted by Crippen LogP contribution is -2.55. The maximum atomic E-state index is 11.6. The fourth-order valence-corrected chi connectivity index (χ4v) is 1.43. The summed E-state index contributed by atoms with van der Waals surface area (Å²) in [5.74, 6) is -1.76. The number of nitrogens with one attached hydrogen (secondary N) is 1. The second-order valence-electron chi connectivity index (χ2n) is 3.32. The van der Waals surface area contributed by atoms with Crippen molar-refractivity contribution in [3.05, 3.63) is 11.9 Å². The van der Waals surface area contributed by atoms with Crippen molar-refractivity contribution in [1.82, 2.24) is 14.1 Å². The zero-order chi connectivity index (χ0) is 12.2. The molecule has 0 radical (unpaired) electrons. The maximum absolute atomic E-state index is 11.6. The van der Waals surface area contributed by atoms with Crippen molar-refractivity contribution in [2.75, 3.05) is 13.7 Å². The lowest BCUT2D eigenvalue weighted by atomic mass is 10.0. The van der Waals surface area contributed by atoms with E-state index in [4.69, 9.17) is 9.84 Å². The van der Waals surface area contributed by atoms with Crippen LogP contribution in [0.5, 0.6) is 0 Å².